The Kier molecular flexibility index (Phi) is 4.83. The Morgan fingerprint density at radius 1 is 1.24 bits per heavy atom. The molecule has 1 aliphatic heterocycles. The number of alkyl halides is 3. The predicted octanol–water partition coefficient (Wildman–Crippen LogP) is 2.34. The molecule has 1 rings (SSSR count). The van der Waals surface area contributed by atoms with Crippen molar-refractivity contribution >= 4 is 17.3 Å². The van der Waals surface area contributed by atoms with Crippen LogP contribution in [0.2, 0.25) is 0 Å². The Hall–Kier alpha value is 0.130. The van der Waals surface area contributed by atoms with E-state index in [-0.39, 0.29) is 6.29 Å². The molecule has 0 aromatic rings. The Morgan fingerprint density at radius 3 is 2.18 bits per heavy atom. The van der Waals surface area contributed by atoms with Crippen molar-refractivity contribution < 1.29 is 21.6 Å². The van der Waals surface area contributed by atoms with Crippen LogP contribution in [0.15, 0.2) is 0 Å². The number of rotatable bonds is 5. The number of hydrogen-bond donors (Lipinski definition) is 1. The first-order valence-electron chi connectivity index (χ1n) is 5.78. The monoisotopic (exact) mass is 293 g/mol. The second-order valence-corrected chi connectivity index (χ2v) is 11.3. The van der Waals surface area contributed by atoms with Gasteiger partial charge in [-0.2, -0.15) is 0 Å². The van der Waals surface area contributed by atoms with Crippen LogP contribution in [-0.4, -0.2) is 38.7 Å². The van der Waals surface area contributed by atoms with Crippen LogP contribution in [0.3, 0.4) is 0 Å². The summed E-state index contributed by atoms with van der Waals surface area (Å²) in [5, 5.41) is 0. The topological polar surface area (TPSA) is 46.2 Å². The summed E-state index contributed by atoms with van der Waals surface area (Å²) in [6.07, 6.45) is 5.82. The minimum absolute atomic E-state index is 0.0443. The minimum atomic E-state index is -5.19. The first-order valence-corrected chi connectivity index (χ1v) is 10.1. The van der Waals surface area contributed by atoms with E-state index in [1.807, 2.05) is 6.92 Å². The van der Waals surface area contributed by atoms with Gasteiger partial charge in [0.1, 0.15) is 0 Å². The molecule has 0 amide bonds. The molecule has 0 unspecified atom stereocenters. The molecule has 0 aliphatic carbocycles. The van der Waals surface area contributed by atoms with E-state index in [0.717, 1.165) is 37.7 Å². The summed E-state index contributed by atoms with van der Waals surface area (Å²) in [5.41, 5.74) is -5.19. The van der Waals surface area contributed by atoms with Gasteiger partial charge in [0.05, 0.1) is 0 Å². The Morgan fingerprint density at radius 2 is 1.76 bits per heavy atom. The molecular formula is C9H19F3NO2PS. The third-order valence-corrected chi connectivity index (χ3v) is 10.1. The molecule has 0 saturated carbocycles. The molecule has 0 atom stereocenters. The average molecular weight is 293 g/mol. The predicted molar refractivity (Wildman–Crippen MR) is 65.4 cm³/mol. The van der Waals surface area contributed by atoms with Crippen LogP contribution in [0.25, 0.3) is 0 Å². The Bertz CT molecular complexity index is 350. The summed E-state index contributed by atoms with van der Waals surface area (Å²) in [6, 6.07) is 0. The quantitative estimate of drug-likeness (QED) is 0.791. The van der Waals surface area contributed by atoms with E-state index in [0.29, 0.717) is 0 Å². The van der Waals surface area contributed by atoms with E-state index < -0.39 is 22.8 Å². The van der Waals surface area contributed by atoms with Crippen LogP contribution < -0.4 is 4.72 Å². The van der Waals surface area contributed by atoms with Crippen LogP contribution in [0.5, 0.6) is 0 Å². The van der Waals surface area contributed by atoms with Crippen molar-refractivity contribution in [3.8, 4) is 0 Å². The fourth-order valence-electron chi connectivity index (χ4n) is 2.50. The van der Waals surface area contributed by atoms with Gasteiger partial charge in [-0.15, -0.1) is 0 Å². The molecule has 0 spiro atoms. The van der Waals surface area contributed by atoms with Gasteiger partial charge in [-0.25, -0.2) is 0 Å². The van der Waals surface area contributed by atoms with Crippen molar-refractivity contribution in [3.63, 3.8) is 0 Å². The fraction of sp³-hybridized carbons (Fsp3) is 1.00. The van der Waals surface area contributed by atoms with Crippen molar-refractivity contribution in [2.45, 2.75) is 31.7 Å². The molecule has 17 heavy (non-hydrogen) atoms. The molecule has 1 N–H and O–H groups in total. The maximum absolute atomic E-state index is 12.2. The number of sulfonamides is 1. The van der Waals surface area contributed by atoms with Crippen molar-refractivity contribution in [2.75, 3.05) is 24.8 Å². The van der Waals surface area contributed by atoms with Crippen LogP contribution in [0, 0.1) is 0 Å². The van der Waals surface area contributed by atoms with Gasteiger partial charge < -0.3 is 0 Å². The normalized spacial score (nSPS) is 22.6. The van der Waals surface area contributed by atoms with Gasteiger partial charge >= 0.3 is 100 Å². The summed E-state index contributed by atoms with van der Waals surface area (Å²) in [6.45, 7) is 1.99. The Labute approximate surface area is 101 Å². The van der Waals surface area contributed by atoms with E-state index in [1.165, 1.54) is 0 Å². The van der Waals surface area contributed by atoms with Gasteiger partial charge in [-0.1, -0.05) is 0 Å². The molecule has 0 aromatic heterocycles. The van der Waals surface area contributed by atoms with Crippen molar-refractivity contribution in [2.24, 2.45) is 0 Å². The molecule has 0 bridgehead atoms. The molecule has 1 heterocycles. The first kappa shape index (κ1) is 15.2. The molecular weight excluding hydrogens is 274 g/mol. The third kappa shape index (κ3) is 3.80. The second-order valence-electron chi connectivity index (χ2n) is 4.73. The zero-order valence-electron chi connectivity index (χ0n) is 9.81. The molecule has 0 aromatic carbocycles. The third-order valence-electron chi connectivity index (χ3n) is 3.39. The SMILES string of the molecule is CCC[PH]1(CNS(=O)(=O)C(F)(F)F)CCCC1. The van der Waals surface area contributed by atoms with Gasteiger partial charge in [0.25, 0.3) is 0 Å². The number of nitrogens with one attached hydrogen (secondary N) is 1. The van der Waals surface area contributed by atoms with Gasteiger partial charge in [-0.05, 0) is 0 Å². The van der Waals surface area contributed by atoms with E-state index in [9.17, 15) is 21.6 Å². The molecule has 8 heteroatoms. The summed E-state index contributed by atoms with van der Waals surface area (Å²) < 4.78 is 60.2. The zero-order valence-corrected chi connectivity index (χ0v) is 11.6. The maximum atomic E-state index is 12.2. The molecule has 0 radical (unpaired) electrons. The van der Waals surface area contributed by atoms with E-state index >= 15 is 0 Å². The molecule has 3 nitrogen and oxygen atoms in total. The summed E-state index contributed by atoms with van der Waals surface area (Å²) in [4.78, 5) is 0. The summed E-state index contributed by atoms with van der Waals surface area (Å²) >= 11 is 0. The van der Waals surface area contributed by atoms with E-state index in [2.05, 4.69) is 0 Å². The second kappa shape index (κ2) is 5.41. The van der Waals surface area contributed by atoms with Crippen LogP contribution in [-0.2, 0) is 10.0 Å². The van der Waals surface area contributed by atoms with Gasteiger partial charge in [0.15, 0.2) is 0 Å². The molecule has 104 valence electrons. The van der Waals surface area contributed by atoms with Gasteiger partial charge in [-0.3, -0.25) is 0 Å². The first-order chi connectivity index (χ1) is 7.72. The Balaban J connectivity index is 2.65. The van der Waals surface area contributed by atoms with Gasteiger partial charge in [0, 0.05) is 0 Å². The van der Waals surface area contributed by atoms with Crippen LogP contribution >= 0.6 is 7.26 Å². The van der Waals surface area contributed by atoms with Crippen molar-refractivity contribution in [1.29, 1.82) is 0 Å². The van der Waals surface area contributed by atoms with E-state index in [4.69, 9.17) is 0 Å². The summed E-state index contributed by atoms with van der Waals surface area (Å²) in [5.74, 6) is 0. The van der Waals surface area contributed by atoms with Crippen molar-refractivity contribution in [1.82, 2.24) is 4.72 Å². The van der Waals surface area contributed by atoms with Crippen LogP contribution in [0.4, 0.5) is 13.2 Å². The molecule has 1 aliphatic rings. The number of hydrogen-bond acceptors (Lipinski definition) is 2. The molecule has 1 saturated heterocycles. The zero-order chi connectivity index (χ0) is 13.2. The van der Waals surface area contributed by atoms with Crippen molar-refractivity contribution in [3.05, 3.63) is 0 Å². The average Bonchev–Trinajstić information content (AvgIpc) is 2.63. The van der Waals surface area contributed by atoms with Crippen LogP contribution in [0.1, 0.15) is 26.2 Å². The fourth-order valence-corrected chi connectivity index (χ4v) is 8.99. The van der Waals surface area contributed by atoms with E-state index in [1.54, 1.807) is 4.72 Å². The summed E-state index contributed by atoms with van der Waals surface area (Å²) in [7, 11) is -6.97. The standard InChI is InChI=1S/C9H19F3NO2PS/c1-2-5-16(6-3-4-7-16)8-13-17(14,15)9(10,11)12/h13,16H,2-8H2,1H3. The van der Waals surface area contributed by atoms with Gasteiger partial charge in [0.2, 0.25) is 0 Å². The number of halogens is 3. The molecule has 1 fully saturated rings.